The number of hydrogen-bond acceptors (Lipinski definition) is 4. The summed E-state index contributed by atoms with van der Waals surface area (Å²) < 4.78 is 0. The maximum Gasteiger partial charge on any atom is 0.303 e. The second-order valence-electron chi connectivity index (χ2n) is 6.12. The third-order valence-corrected chi connectivity index (χ3v) is 4.74. The predicted octanol–water partition coefficient (Wildman–Crippen LogP) is 3.84. The molecule has 27 heavy (non-hydrogen) atoms. The number of carbonyl (C=O) groups is 3. The Morgan fingerprint density at radius 3 is 2.26 bits per heavy atom. The molecule has 142 valence electrons. The average Bonchev–Trinajstić information content (AvgIpc) is 2.62. The van der Waals surface area contributed by atoms with E-state index >= 15 is 0 Å². The first-order valence-electron chi connectivity index (χ1n) is 8.45. The minimum atomic E-state index is -1.00. The first kappa shape index (κ1) is 20.5. The van der Waals surface area contributed by atoms with Crippen LogP contribution in [0.15, 0.2) is 47.4 Å². The minimum absolute atomic E-state index is 0.0650. The van der Waals surface area contributed by atoms with E-state index in [2.05, 4.69) is 10.6 Å². The summed E-state index contributed by atoms with van der Waals surface area (Å²) in [6.45, 7) is 3.96. The number of carbonyl (C=O) groups excluding carboxylic acids is 2. The van der Waals surface area contributed by atoms with Crippen LogP contribution in [0.3, 0.4) is 0 Å². The highest BCUT2D eigenvalue weighted by Gasteiger charge is 2.08. The minimum Gasteiger partial charge on any atom is -0.481 e. The lowest BCUT2D eigenvalue weighted by atomic mass is 10.1. The molecular formula is C20H22N2O4S. The van der Waals surface area contributed by atoms with Crippen LogP contribution in [0.4, 0.5) is 11.4 Å². The summed E-state index contributed by atoms with van der Waals surface area (Å²) in [5, 5.41) is 14.1. The van der Waals surface area contributed by atoms with E-state index in [1.165, 1.54) is 11.8 Å². The summed E-state index contributed by atoms with van der Waals surface area (Å²) in [4.78, 5) is 35.1. The zero-order valence-corrected chi connectivity index (χ0v) is 16.1. The normalized spacial score (nSPS) is 10.3. The highest BCUT2D eigenvalue weighted by Crippen LogP contribution is 2.22. The van der Waals surface area contributed by atoms with Gasteiger partial charge in [-0.2, -0.15) is 0 Å². The Morgan fingerprint density at radius 2 is 1.63 bits per heavy atom. The van der Waals surface area contributed by atoms with Crippen LogP contribution in [-0.2, 0) is 14.4 Å². The third kappa shape index (κ3) is 7.15. The summed E-state index contributed by atoms with van der Waals surface area (Å²) in [5.41, 5.74) is 3.58. The van der Waals surface area contributed by atoms with E-state index in [0.717, 1.165) is 21.7 Å². The Labute approximate surface area is 162 Å². The van der Waals surface area contributed by atoms with Crippen LogP contribution in [0.2, 0.25) is 0 Å². The Kier molecular flexibility index (Phi) is 7.43. The molecule has 0 aliphatic rings. The number of nitrogens with one attached hydrogen (secondary N) is 2. The van der Waals surface area contributed by atoms with Crippen molar-refractivity contribution in [2.24, 2.45) is 0 Å². The van der Waals surface area contributed by atoms with Gasteiger partial charge in [0.05, 0.1) is 12.2 Å². The highest BCUT2D eigenvalue weighted by molar-refractivity contribution is 8.00. The van der Waals surface area contributed by atoms with Gasteiger partial charge < -0.3 is 15.7 Å². The molecule has 0 unspecified atom stereocenters. The van der Waals surface area contributed by atoms with Gasteiger partial charge >= 0.3 is 5.97 Å². The summed E-state index contributed by atoms with van der Waals surface area (Å²) >= 11 is 1.40. The van der Waals surface area contributed by atoms with Crippen LogP contribution in [-0.4, -0.2) is 28.6 Å². The molecule has 2 amide bonds. The zero-order valence-electron chi connectivity index (χ0n) is 15.2. The Morgan fingerprint density at radius 1 is 0.926 bits per heavy atom. The Balaban J connectivity index is 1.81. The highest BCUT2D eigenvalue weighted by atomic mass is 32.2. The quantitative estimate of drug-likeness (QED) is 0.599. The van der Waals surface area contributed by atoms with E-state index < -0.39 is 5.97 Å². The number of anilines is 2. The van der Waals surface area contributed by atoms with Crippen LogP contribution in [0.25, 0.3) is 0 Å². The summed E-state index contributed by atoms with van der Waals surface area (Å²) in [7, 11) is 0. The van der Waals surface area contributed by atoms with Gasteiger partial charge in [-0.25, -0.2) is 0 Å². The number of carboxylic acid groups (broad SMARTS) is 1. The average molecular weight is 386 g/mol. The van der Waals surface area contributed by atoms with Crippen molar-refractivity contribution >= 4 is 40.9 Å². The van der Waals surface area contributed by atoms with Gasteiger partial charge in [-0.3, -0.25) is 14.4 Å². The van der Waals surface area contributed by atoms with Crippen LogP contribution in [0.1, 0.15) is 24.0 Å². The number of aryl methyl sites for hydroxylation is 2. The molecule has 2 rings (SSSR count). The molecule has 3 N–H and O–H groups in total. The summed E-state index contributed by atoms with van der Waals surface area (Å²) in [5.74, 6) is -1.16. The standard InChI is InChI=1S/C20H22N2O4S/c1-13-3-8-17(14(2)11-13)22-19(24)12-27-16-6-4-15(5-7-16)21-18(23)9-10-20(25)26/h3-8,11H,9-10,12H2,1-2H3,(H,21,23)(H,22,24)(H,25,26). The van der Waals surface area contributed by atoms with Crippen molar-refractivity contribution in [2.75, 3.05) is 16.4 Å². The predicted molar refractivity (Wildman–Crippen MR) is 107 cm³/mol. The molecule has 2 aromatic carbocycles. The topological polar surface area (TPSA) is 95.5 Å². The molecule has 0 fully saturated rings. The lowest BCUT2D eigenvalue weighted by Crippen LogP contribution is -2.15. The van der Waals surface area contributed by atoms with Gasteiger partial charge in [0, 0.05) is 22.7 Å². The van der Waals surface area contributed by atoms with E-state index in [4.69, 9.17) is 5.11 Å². The molecule has 0 aliphatic carbocycles. The molecule has 0 heterocycles. The van der Waals surface area contributed by atoms with E-state index in [1.54, 1.807) is 12.1 Å². The molecule has 0 saturated carbocycles. The first-order valence-corrected chi connectivity index (χ1v) is 9.43. The molecule has 7 heteroatoms. The van der Waals surface area contributed by atoms with Crippen molar-refractivity contribution in [1.29, 1.82) is 0 Å². The van der Waals surface area contributed by atoms with Crippen LogP contribution in [0.5, 0.6) is 0 Å². The number of benzene rings is 2. The fraction of sp³-hybridized carbons (Fsp3) is 0.250. The number of carboxylic acids is 1. The number of hydrogen-bond donors (Lipinski definition) is 3. The second-order valence-corrected chi connectivity index (χ2v) is 7.17. The molecule has 0 aliphatic heterocycles. The molecule has 6 nitrogen and oxygen atoms in total. The lowest BCUT2D eigenvalue weighted by molar-refractivity contribution is -0.138. The first-order chi connectivity index (χ1) is 12.8. The molecular weight excluding hydrogens is 364 g/mol. The Bertz CT molecular complexity index is 834. The number of aliphatic carboxylic acids is 1. The molecule has 0 atom stereocenters. The van der Waals surface area contributed by atoms with Crippen molar-refractivity contribution in [1.82, 2.24) is 0 Å². The van der Waals surface area contributed by atoms with Gasteiger partial charge in [-0.05, 0) is 49.7 Å². The van der Waals surface area contributed by atoms with E-state index in [-0.39, 0.29) is 30.4 Å². The van der Waals surface area contributed by atoms with Gasteiger partial charge in [-0.15, -0.1) is 11.8 Å². The fourth-order valence-electron chi connectivity index (χ4n) is 2.37. The van der Waals surface area contributed by atoms with E-state index in [1.807, 2.05) is 44.2 Å². The van der Waals surface area contributed by atoms with Crippen LogP contribution < -0.4 is 10.6 Å². The molecule has 0 spiro atoms. The third-order valence-electron chi connectivity index (χ3n) is 3.73. The molecule has 0 aromatic heterocycles. The maximum atomic E-state index is 12.1. The smallest absolute Gasteiger partial charge is 0.303 e. The number of amides is 2. The van der Waals surface area contributed by atoms with Crippen molar-refractivity contribution in [3.05, 3.63) is 53.6 Å². The number of rotatable bonds is 8. The lowest BCUT2D eigenvalue weighted by Gasteiger charge is -2.09. The molecule has 0 radical (unpaired) electrons. The van der Waals surface area contributed by atoms with Crippen LogP contribution in [0, 0.1) is 13.8 Å². The fourth-order valence-corrected chi connectivity index (χ4v) is 3.07. The van der Waals surface area contributed by atoms with E-state index in [0.29, 0.717) is 5.69 Å². The zero-order chi connectivity index (χ0) is 19.8. The SMILES string of the molecule is Cc1ccc(NC(=O)CSc2ccc(NC(=O)CCC(=O)O)cc2)c(C)c1. The number of thioether (sulfide) groups is 1. The maximum absolute atomic E-state index is 12.1. The molecule has 0 saturated heterocycles. The van der Waals surface area contributed by atoms with Crippen LogP contribution >= 0.6 is 11.8 Å². The molecule has 0 bridgehead atoms. The van der Waals surface area contributed by atoms with Crippen molar-refractivity contribution < 1.29 is 19.5 Å². The van der Waals surface area contributed by atoms with Gasteiger partial charge in [0.1, 0.15) is 0 Å². The monoisotopic (exact) mass is 386 g/mol. The van der Waals surface area contributed by atoms with Gasteiger partial charge in [-0.1, -0.05) is 17.7 Å². The largest absolute Gasteiger partial charge is 0.481 e. The second kappa shape index (κ2) is 9.78. The summed E-state index contributed by atoms with van der Waals surface area (Å²) in [6.07, 6.45) is -0.264. The Hall–Kier alpha value is -2.80. The van der Waals surface area contributed by atoms with E-state index in [9.17, 15) is 14.4 Å². The van der Waals surface area contributed by atoms with Crippen molar-refractivity contribution in [3.8, 4) is 0 Å². The van der Waals surface area contributed by atoms with Gasteiger partial charge in [0.2, 0.25) is 11.8 Å². The van der Waals surface area contributed by atoms with Gasteiger partial charge in [0.25, 0.3) is 0 Å². The van der Waals surface area contributed by atoms with Crippen molar-refractivity contribution in [3.63, 3.8) is 0 Å². The molecule has 2 aromatic rings. The van der Waals surface area contributed by atoms with Gasteiger partial charge in [0.15, 0.2) is 0 Å². The summed E-state index contributed by atoms with van der Waals surface area (Å²) in [6, 6.07) is 12.9. The van der Waals surface area contributed by atoms with Crippen molar-refractivity contribution in [2.45, 2.75) is 31.6 Å².